The second-order valence-corrected chi connectivity index (χ2v) is 3.71. The third-order valence-corrected chi connectivity index (χ3v) is 2.14. The maximum absolute atomic E-state index is 5.85. The minimum Gasteiger partial charge on any atom is -0.488 e. The van der Waals surface area contributed by atoms with Crippen molar-refractivity contribution in [2.75, 3.05) is 13.7 Å². The molecule has 0 heterocycles. The first-order valence-corrected chi connectivity index (χ1v) is 5.15. The molecule has 0 amide bonds. The molecule has 1 aromatic rings. The number of methoxy groups -OCH3 is 1. The molecule has 0 saturated carbocycles. The summed E-state index contributed by atoms with van der Waals surface area (Å²) in [6.07, 6.45) is 0.0369. The topological polar surface area (TPSA) is 44.5 Å². The lowest BCUT2D eigenvalue weighted by atomic mass is 10.1. The van der Waals surface area contributed by atoms with E-state index >= 15 is 0 Å². The van der Waals surface area contributed by atoms with E-state index in [0.29, 0.717) is 6.61 Å². The Hall–Kier alpha value is -1.06. The van der Waals surface area contributed by atoms with Crippen molar-refractivity contribution in [2.24, 2.45) is 5.73 Å². The Kier molecular flexibility index (Phi) is 4.59. The molecule has 0 spiro atoms. The molecule has 15 heavy (non-hydrogen) atoms. The summed E-state index contributed by atoms with van der Waals surface area (Å²) in [5.41, 5.74) is 6.88. The normalized spacial score (nSPS) is 14.7. The van der Waals surface area contributed by atoms with Gasteiger partial charge >= 0.3 is 0 Å². The first kappa shape index (κ1) is 12.0. The van der Waals surface area contributed by atoms with E-state index in [4.69, 9.17) is 15.2 Å². The summed E-state index contributed by atoms with van der Waals surface area (Å²) < 4.78 is 10.8. The van der Waals surface area contributed by atoms with Crippen LogP contribution in [0.4, 0.5) is 0 Å². The van der Waals surface area contributed by atoms with Gasteiger partial charge < -0.3 is 15.2 Å². The average molecular weight is 209 g/mol. The van der Waals surface area contributed by atoms with Gasteiger partial charge in [0.25, 0.3) is 0 Å². The van der Waals surface area contributed by atoms with E-state index in [1.165, 1.54) is 0 Å². The van der Waals surface area contributed by atoms with Gasteiger partial charge in [0.15, 0.2) is 0 Å². The van der Waals surface area contributed by atoms with Crippen LogP contribution in [0, 0.1) is 0 Å². The molecule has 1 aromatic carbocycles. The van der Waals surface area contributed by atoms with Crippen LogP contribution in [0.5, 0.6) is 5.75 Å². The predicted molar refractivity (Wildman–Crippen MR) is 61.0 cm³/mol. The number of ether oxygens (including phenoxy) is 2. The number of hydrogen-bond donors (Lipinski definition) is 1. The van der Waals surface area contributed by atoms with Crippen molar-refractivity contribution >= 4 is 0 Å². The Morgan fingerprint density at radius 2 is 1.93 bits per heavy atom. The number of hydrogen-bond acceptors (Lipinski definition) is 3. The summed E-state index contributed by atoms with van der Waals surface area (Å²) in [5, 5.41) is 0. The first-order valence-electron chi connectivity index (χ1n) is 5.15. The highest BCUT2D eigenvalue weighted by atomic mass is 16.5. The van der Waals surface area contributed by atoms with Gasteiger partial charge in [0.1, 0.15) is 11.9 Å². The van der Waals surface area contributed by atoms with E-state index in [2.05, 4.69) is 0 Å². The third kappa shape index (κ3) is 3.53. The summed E-state index contributed by atoms with van der Waals surface area (Å²) in [7, 11) is 1.66. The molecule has 1 rings (SSSR count). The summed E-state index contributed by atoms with van der Waals surface area (Å²) in [5.74, 6) is 0.844. The van der Waals surface area contributed by atoms with Crippen molar-refractivity contribution in [1.29, 1.82) is 0 Å². The monoisotopic (exact) mass is 209 g/mol. The van der Waals surface area contributed by atoms with Crippen molar-refractivity contribution < 1.29 is 9.47 Å². The summed E-state index contributed by atoms with van der Waals surface area (Å²) >= 11 is 0. The molecule has 2 N–H and O–H groups in total. The molecule has 0 aliphatic heterocycles. The van der Waals surface area contributed by atoms with Gasteiger partial charge in [0.05, 0.1) is 6.61 Å². The number of benzene rings is 1. The van der Waals surface area contributed by atoms with Crippen molar-refractivity contribution in [2.45, 2.75) is 26.0 Å². The van der Waals surface area contributed by atoms with Crippen LogP contribution in [-0.2, 0) is 4.74 Å². The van der Waals surface area contributed by atoms with Gasteiger partial charge in [-0.25, -0.2) is 0 Å². The molecule has 2 unspecified atom stereocenters. The van der Waals surface area contributed by atoms with Crippen LogP contribution >= 0.6 is 0 Å². The van der Waals surface area contributed by atoms with Crippen LogP contribution in [0.3, 0.4) is 0 Å². The van der Waals surface area contributed by atoms with E-state index in [1.54, 1.807) is 7.11 Å². The van der Waals surface area contributed by atoms with Gasteiger partial charge in [-0.1, -0.05) is 18.2 Å². The molecular weight excluding hydrogens is 190 g/mol. The first-order chi connectivity index (χ1) is 7.15. The highest BCUT2D eigenvalue weighted by Gasteiger charge is 2.10. The van der Waals surface area contributed by atoms with E-state index < -0.39 is 0 Å². The smallest absolute Gasteiger partial charge is 0.124 e. The van der Waals surface area contributed by atoms with Crippen LogP contribution in [0.15, 0.2) is 24.3 Å². The molecule has 0 fully saturated rings. The zero-order chi connectivity index (χ0) is 11.3. The molecule has 84 valence electrons. The molecule has 0 aliphatic carbocycles. The average Bonchev–Trinajstić information content (AvgIpc) is 2.18. The van der Waals surface area contributed by atoms with Gasteiger partial charge in [-0.15, -0.1) is 0 Å². The predicted octanol–water partition coefficient (Wildman–Crippen LogP) is 2.12. The minimum absolute atomic E-state index is 0.0176. The van der Waals surface area contributed by atoms with Gasteiger partial charge in [-0.2, -0.15) is 0 Å². The fourth-order valence-corrected chi connectivity index (χ4v) is 1.45. The number of rotatable bonds is 5. The lowest BCUT2D eigenvalue weighted by Gasteiger charge is -2.18. The Bertz CT molecular complexity index is 299. The van der Waals surface area contributed by atoms with E-state index in [-0.39, 0.29) is 12.1 Å². The molecule has 3 nitrogen and oxygen atoms in total. The Morgan fingerprint density at radius 3 is 2.53 bits per heavy atom. The third-order valence-electron chi connectivity index (χ3n) is 2.14. The van der Waals surface area contributed by atoms with Crippen molar-refractivity contribution in [3.63, 3.8) is 0 Å². The summed E-state index contributed by atoms with van der Waals surface area (Å²) in [6.45, 7) is 4.50. The Balaban J connectivity index is 2.75. The van der Waals surface area contributed by atoms with Crippen LogP contribution in [-0.4, -0.2) is 19.8 Å². The van der Waals surface area contributed by atoms with Crippen molar-refractivity contribution in [3.8, 4) is 5.75 Å². The van der Waals surface area contributed by atoms with Gasteiger partial charge in [0, 0.05) is 18.7 Å². The van der Waals surface area contributed by atoms with E-state index in [1.807, 2.05) is 38.1 Å². The molecule has 3 heteroatoms. The number of nitrogens with two attached hydrogens (primary N) is 1. The molecule has 0 radical (unpaired) electrons. The largest absolute Gasteiger partial charge is 0.488 e. The second-order valence-electron chi connectivity index (χ2n) is 3.71. The van der Waals surface area contributed by atoms with Crippen LogP contribution in [0.2, 0.25) is 0 Å². The zero-order valence-electron chi connectivity index (χ0n) is 9.57. The van der Waals surface area contributed by atoms with Crippen LogP contribution in [0.1, 0.15) is 25.5 Å². The summed E-state index contributed by atoms with van der Waals surface area (Å²) in [6, 6.07) is 7.81. The molecule has 0 saturated heterocycles. The van der Waals surface area contributed by atoms with Crippen LogP contribution in [0.25, 0.3) is 0 Å². The maximum atomic E-state index is 5.85. The van der Waals surface area contributed by atoms with Gasteiger partial charge in [0.2, 0.25) is 0 Å². The lowest BCUT2D eigenvalue weighted by molar-refractivity contribution is 0.0912. The zero-order valence-corrected chi connectivity index (χ0v) is 9.57. The molecule has 2 atom stereocenters. The Morgan fingerprint density at radius 1 is 1.27 bits per heavy atom. The summed E-state index contributed by atoms with van der Waals surface area (Å²) in [4.78, 5) is 0. The van der Waals surface area contributed by atoms with Gasteiger partial charge in [-0.3, -0.25) is 0 Å². The van der Waals surface area contributed by atoms with E-state index in [9.17, 15) is 0 Å². The number of para-hydroxylation sites is 1. The standard InChI is InChI=1S/C12H19NO2/c1-9(8-14-3)15-12-7-5-4-6-11(12)10(2)13/h4-7,9-10H,8,13H2,1-3H3. The van der Waals surface area contributed by atoms with Crippen molar-refractivity contribution in [1.82, 2.24) is 0 Å². The fraction of sp³-hybridized carbons (Fsp3) is 0.500. The SMILES string of the molecule is COCC(C)Oc1ccccc1C(C)N. The highest BCUT2D eigenvalue weighted by Crippen LogP contribution is 2.24. The van der Waals surface area contributed by atoms with Gasteiger partial charge in [-0.05, 0) is 19.9 Å². The highest BCUT2D eigenvalue weighted by molar-refractivity contribution is 5.35. The van der Waals surface area contributed by atoms with E-state index in [0.717, 1.165) is 11.3 Å². The quantitative estimate of drug-likeness (QED) is 0.807. The Labute approximate surface area is 91.2 Å². The maximum Gasteiger partial charge on any atom is 0.124 e. The van der Waals surface area contributed by atoms with Crippen LogP contribution < -0.4 is 10.5 Å². The molecule has 0 bridgehead atoms. The molecular formula is C12H19NO2. The van der Waals surface area contributed by atoms with Crippen molar-refractivity contribution in [3.05, 3.63) is 29.8 Å². The molecule has 0 aliphatic rings. The second kappa shape index (κ2) is 5.73. The lowest BCUT2D eigenvalue weighted by Crippen LogP contribution is -2.19. The molecule has 0 aromatic heterocycles. The minimum atomic E-state index is -0.0176. The fourth-order valence-electron chi connectivity index (χ4n) is 1.45.